The fourth-order valence-electron chi connectivity index (χ4n) is 1.69. The first-order valence-corrected chi connectivity index (χ1v) is 5.13. The van der Waals surface area contributed by atoms with E-state index >= 15 is 0 Å². The third kappa shape index (κ3) is 1.13. The highest BCUT2D eigenvalue weighted by atomic mass is 32.1. The van der Waals surface area contributed by atoms with Gasteiger partial charge in [-0.25, -0.2) is 4.39 Å². The Morgan fingerprint density at radius 1 is 1.50 bits per heavy atom. The second kappa shape index (κ2) is 3.10. The molecule has 4 heteroatoms. The van der Waals surface area contributed by atoms with Gasteiger partial charge in [-0.1, -0.05) is 5.57 Å². The molecule has 1 aromatic rings. The van der Waals surface area contributed by atoms with E-state index in [0.717, 1.165) is 10.8 Å². The minimum absolute atomic E-state index is 0.135. The Morgan fingerprint density at radius 2 is 2.21 bits per heavy atom. The van der Waals surface area contributed by atoms with Crippen LogP contribution in [0.4, 0.5) is 9.39 Å². The van der Waals surface area contributed by atoms with Crippen LogP contribution < -0.4 is 15.5 Å². The molecule has 0 aromatic carbocycles. The highest BCUT2D eigenvalue weighted by Gasteiger charge is 2.15. The average molecular weight is 208 g/mol. The van der Waals surface area contributed by atoms with Crippen LogP contribution in [0.5, 0.6) is 0 Å². The van der Waals surface area contributed by atoms with Crippen LogP contribution >= 0.6 is 11.3 Å². The van der Waals surface area contributed by atoms with E-state index in [9.17, 15) is 4.39 Å². The highest BCUT2D eigenvalue weighted by Crippen LogP contribution is 2.20. The lowest BCUT2D eigenvalue weighted by Crippen LogP contribution is -2.28. The lowest BCUT2D eigenvalue weighted by Gasteiger charge is -2.04. The molecule has 2 rings (SSSR count). The molecular weight excluding hydrogens is 199 g/mol. The van der Waals surface area contributed by atoms with Crippen LogP contribution in [0.1, 0.15) is 25.3 Å². The van der Waals surface area contributed by atoms with E-state index < -0.39 is 0 Å². The molecule has 0 radical (unpaired) electrons. The van der Waals surface area contributed by atoms with Crippen molar-refractivity contribution in [3.05, 3.63) is 15.3 Å². The van der Waals surface area contributed by atoms with Gasteiger partial charge in [0.1, 0.15) is 16.9 Å². The quantitative estimate of drug-likeness (QED) is 0.697. The van der Waals surface area contributed by atoms with Crippen molar-refractivity contribution >= 4 is 27.7 Å². The van der Waals surface area contributed by atoms with Gasteiger partial charge in [0.2, 0.25) is 0 Å². The molecule has 2 nitrogen and oxygen atoms in total. The number of nitrogens with two attached hydrogens (primary N) is 1. The zero-order valence-electron chi connectivity index (χ0n) is 7.72. The fraction of sp³-hybridized carbons (Fsp3) is 0.300. The molecule has 1 aromatic heterocycles. The number of thiophene rings is 1. The summed E-state index contributed by atoms with van der Waals surface area (Å²) >= 11 is 1.18. The van der Waals surface area contributed by atoms with Crippen molar-refractivity contribution in [1.29, 1.82) is 5.26 Å². The van der Waals surface area contributed by atoms with Crippen LogP contribution in [0, 0.1) is 11.3 Å². The molecule has 0 unspecified atom stereocenters. The highest BCUT2D eigenvalue weighted by molar-refractivity contribution is 7.14. The Kier molecular flexibility index (Phi) is 2.05. The number of hydrogen-bond acceptors (Lipinski definition) is 3. The molecule has 0 bridgehead atoms. The van der Waals surface area contributed by atoms with Crippen LogP contribution in [-0.2, 0) is 0 Å². The standard InChI is InChI=1S/C10H9FN2S/c1-5-2-3-7(11)9-8(5)6(4-12)10(13)14-9/h2-3,13H2,1H3. The van der Waals surface area contributed by atoms with Gasteiger partial charge in [0.05, 0.1) is 10.1 Å². The van der Waals surface area contributed by atoms with Crippen molar-refractivity contribution < 1.29 is 4.39 Å². The zero-order chi connectivity index (χ0) is 10.3. The molecule has 0 atom stereocenters. The summed E-state index contributed by atoms with van der Waals surface area (Å²) in [5, 5.41) is 10.1. The minimum atomic E-state index is -0.135. The number of nitrogen functional groups attached to an aromatic ring is 1. The Labute approximate surface area is 84.8 Å². The molecule has 1 heterocycles. The predicted octanol–water partition coefficient (Wildman–Crippen LogP) is 1.24. The molecular formula is C10H9FN2S. The van der Waals surface area contributed by atoms with Gasteiger partial charge >= 0.3 is 0 Å². The first-order valence-electron chi connectivity index (χ1n) is 4.32. The third-order valence-electron chi connectivity index (χ3n) is 2.44. The van der Waals surface area contributed by atoms with E-state index in [1.54, 1.807) is 0 Å². The summed E-state index contributed by atoms with van der Waals surface area (Å²) in [5.74, 6) is -0.135. The summed E-state index contributed by atoms with van der Waals surface area (Å²) < 4.78 is 14.0. The molecule has 14 heavy (non-hydrogen) atoms. The zero-order valence-corrected chi connectivity index (χ0v) is 8.54. The van der Waals surface area contributed by atoms with E-state index in [2.05, 4.69) is 0 Å². The van der Waals surface area contributed by atoms with Crippen LogP contribution in [-0.4, -0.2) is 0 Å². The number of halogens is 1. The van der Waals surface area contributed by atoms with E-state index in [-0.39, 0.29) is 5.83 Å². The fourth-order valence-corrected chi connectivity index (χ4v) is 2.75. The van der Waals surface area contributed by atoms with Gasteiger partial charge in [-0.15, -0.1) is 11.3 Å². The SMILES string of the molecule is CC1=c2c(C#N)c(N)sc2=C(F)CC1. The smallest absolute Gasteiger partial charge is 0.118 e. The van der Waals surface area contributed by atoms with Crippen LogP contribution in [0.25, 0.3) is 11.4 Å². The van der Waals surface area contributed by atoms with Crippen molar-refractivity contribution in [2.45, 2.75) is 19.8 Å². The summed E-state index contributed by atoms with van der Waals surface area (Å²) in [6.45, 7) is 1.93. The van der Waals surface area contributed by atoms with Crippen molar-refractivity contribution in [3.63, 3.8) is 0 Å². The largest absolute Gasteiger partial charge is 0.389 e. The number of anilines is 1. The molecule has 1 aliphatic rings. The predicted molar refractivity (Wildman–Crippen MR) is 55.5 cm³/mol. The Hall–Kier alpha value is -1.34. The van der Waals surface area contributed by atoms with Gasteiger partial charge in [0.25, 0.3) is 0 Å². The normalized spacial score (nSPS) is 15.2. The van der Waals surface area contributed by atoms with E-state index in [1.807, 2.05) is 13.0 Å². The summed E-state index contributed by atoms with van der Waals surface area (Å²) in [6, 6.07) is 2.04. The van der Waals surface area contributed by atoms with Crippen molar-refractivity contribution in [3.8, 4) is 6.07 Å². The Balaban J connectivity index is 3.04. The summed E-state index contributed by atoms with van der Waals surface area (Å²) in [7, 11) is 0. The minimum Gasteiger partial charge on any atom is -0.389 e. The molecule has 72 valence electrons. The maximum atomic E-state index is 13.4. The van der Waals surface area contributed by atoms with Crippen LogP contribution in [0.15, 0.2) is 0 Å². The monoisotopic (exact) mass is 208 g/mol. The van der Waals surface area contributed by atoms with Crippen molar-refractivity contribution in [2.75, 3.05) is 5.73 Å². The number of nitrogens with zero attached hydrogens (tertiary/aromatic N) is 1. The molecule has 1 aliphatic carbocycles. The second-order valence-corrected chi connectivity index (χ2v) is 4.39. The lowest BCUT2D eigenvalue weighted by atomic mass is 10.0. The van der Waals surface area contributed by atoms with Crippen molar-refractivity contribution in [2.24, 2.45) is 0 Å². The number of rotatable bonds is 0. The number of fused-ring (bicyclic) bond motifs is 1. The third-order valence-corrected chi connectivity index (χ3v) is 3.49. The van der Waals surface area contributed by atoms with E-state index in [0.29, 0.717) is 27.9 Å². The number of hydrogen-bond donors (Lipinski definition) is 1. The molecule has 0 aliphatic heterocycles. The van der Waals surface area contributed by atoms with Gasteiger partial charge in [-0.05, 0) is 13.3 Å². The van der Waals surface area contributed by atoms with Crippen LogP contribution in [0.2, 0.25) is 0 Å². The Bertz CT molecular complexity index is 548. The first kappa shape index (κ1) is 9.22. The molecule has 0 saturated carbocycles. The summed E-state index contributed by atoms with van der Waals surface area (Å²) in [5.41, 5.74) is 7.16. The molecule has 0 spiro atoms. The molecule has 0 fully saturated rings. The maximum absolute atomic E-state index is 13.4. The van der Waals surface area contributed by atoms with Crippen molar-refractivity contribution in [1.82, 2.24) is 0 Å². The topological polar surface area (TPSA) is 49.8 Å². The lowest BCUT2D eigenvalue weighted by molar-refractivity contribution is 0.696. The summed E-state index contributed by atoms with van der Waals surface area (Å²) in [6.07, 6.45) is 1.12. The van der Waals surface area contributed by atoms with Gasteiger partial charge < -0.3 is 5.73 Å². The molecule has 0 amide bonds. The van der Waals surface area contributed by atoms with E-state index in [4.69, 9.17) is 11.0 Å². The van der Waals surface area contributed by atoms with Gasteiger partial charge in [0.15, 0.2) is 0 Å². The van der Waals surface area contributed by atoms with Gasteiger partial charge in [-0.2, -0.15) is 5.26 Å². The Morgan fingerprint density at radius 3 is 2.86 bits per heavy atom. The van der Waals surface area contributed by atoms with Gasteiger partial charge in [-0.3, -0.25) is 0 Å². The maximum Gasteiger partial charge on any atom is 0.118 e. The summed E-state index contributed by atoms with van der Waals surface area (Å²) in [4.78, 5) is 0. The molecule has 2 N–H and O–H groups in total. The molecule has 0 saturated heterocycles. The average Bonchev–Trinajstić information content (AvgIpc) is 2.50. The van der Waals surface area contributed by atoms with Crippen LogP contribution in [0.3, 0.4) is 0 Å². The number of nitriles is 1. The van der Waals surface area contributed by atoms with Gasteiger partial charge in [0, 0.05) is 11.6 Å². The second-order valence-electron chi connectivity index (χ2n) is 3.34. The van der Waals surface area contributed by atoms with E-state index in [1.165, 1.54) is 11.3 Å². The first-order chi connectivity index (χ1) is 6.65.